The van der Waals surface area contributed by atoms with Crippen molar-refractivity contribution in [2.75, 3.05) is 5.73 Å². The Bertz CT molecular complexity index is 273. The molecule has 0 amide bonds. The number of nitrogen functional groups attached to an aromatic ring is 1. The van der Waals surface area contributed by atoms with Crippen LogP contribution < -0.4 is 5.73 Å². The van der Waals surface area contributed by atoms with E-state index >= 15 is 0 Å². The fraction of sp³-hybridized carbons (Fsp3) is 0.125. The Morgan fingerprint density at radius 2 is 2.09 bits per heavy atom. The number of aliphatic hydroxyl groups is 1. The number of benzene rings is 1. The van der Waals surface area contributed by atoms with E-state index in [9.17, 15) is 0 Å². The van der Waals surface area contributed by atoms with E-state index in [1.54, 1.807) is 6.07 Å². The number of thiocarbonyl (C=S) groups is 1. The molecule has 0 saturated carbocycles. The maximum atomic E-state index is 8.81. The Morgan fingerprint density at radius 3 is 2.64 bits per heavy atom. The summed E-state index contributed by atoms with van der Waals surface area (Å²) in [6, 6.07) is 7.34. The molecule has 0 aliphatic rings. The first-order valence-corrected chi connectivity index (χ1v) is 3.66. The van der Waals surface area contributed by atoms with Crippen LogP contribution in [-0.2, 0) is 6.42 Å². The first-order valence-electron chi connectivity index (χ1n) is 3.25. The first kappa shape index (κ1) is 8.01. The lowest BCUT2D eigenvalue weighted by Gasteiger charge is -2.01. The van der Waals surface area contributed by atoms with Gasteiger partial charge in [0.1, 0.15) is 0 Å². The molecule has 0 saturated heterocycles. The van der Waals surface area contributed by atoms with E-state index in [0.717, 1.165) is 5.56 Å². The Labute approximate surface area is 70.7 Å². The second kappa shape index (κ2) is 3.34. The van der Waals surface area contributed by atoms with Gasteiger partial charge in [0.2, 0.25) is 0 Å². The Kier molecular flexibility index (Phi) is 2.44. The fourth-order valence-corrected chi connectivity index (χ4v) is 1.01. The standard InChI is InChI=1S/C8H9NOS/c9-7-4-2-1-3-6(7)5-8(10)11/h1-4H,5,9H2,(H,10,11). The van der Waals surface area contributed by atoms with Gasteiger partial charge in [0, 0.05) is 12.1 Å². The van der Waals surface area contributed by atoms with Crippen LogP contribution in [0.5, 0.6) is 0 Å². The minimum absolute atomic E-state index is 0.0251. The summed E-state index contributed by atoms with van der Waals surface area (Å²) in [6.45, 7) is 0. The summed E-state index contributed by atoms with van der Waals surface area (Å²) in [7, 11) is 0. The normalized spacial score (nSPS) is 9.45. The predicted molar refractivity (Wildman–Crippen MR) is 49.8 cm³/mol. The monoisotopic (exact) mass is 167 g/mol. The molecule has 11 heavy (non-hydrogen) atoms. The van der Waals surface area contributed by atoms with Crippen LogP contribution in [0.25, 0.3) is 0 Å². The van der Waals surface area contributed by atoms with Crippen molar-refractivity contribution >= 4 is 23.0 Å². The second-order valence-corrected chi connectivity index (χ2v) is 2.74. The third kappa shape index (κ3) is 2.20. The minimum atomic E-state index is -0.0251. The number of anilines is 1. The largest absolute Gasteiger partial charge is 0.502 e. The molecular weight excluding hydrogens is 158 g/mol. The van der Waals surface area contributed by atoms with Gasteiger partial charge in [-0.05, 0) is 23.8 Å². The zero-order valence-corrected chi connectivity index (χ0v) is 6.77. The van der Waals surface area contributed by atoms with E-state index in [1.807, 2.05) is 18.2 Å². The summed E-state index contributed by atoms with van der Waals surface area (Å²) in [4.78, 5) is 0. The van der Waals surface area contributed by atoms with Crippen LogP contribution in [0.1, 0.15) is 5.56 Å². The van der Waals surface area contributed by atoms with Gasteiger partial charge in [-0.15, -0.1) is 0 Å². The maximum absolute atomic E-state index is 8.81. The molecule has 0 heterocycles. The molecule has 1 aromatic rings. The Morgan fingerprint density at radius 1 is 1.45 bits per heavy atom. The quantitative estimate of drug-likeness (QED) is 0.520. The van der Waals surface area contributed by atoms with Crippen LogP contribution in [0.3, 0.4) is 0 Å². The summed E-state index contributed by atoms with van der Waals surface area (Å²) in [5.41, 5.74) is 7.14. The van der Waals surface area contributed by atoms with Gasteiger partial charge in [-0.3, -0.25) is 0 Å². The smallest absolute Gasteiger partial charge is 0.161 e. The molecule has 0 fully saturated rings. The van der Waals surface area contributed by atoms with Crippen LogP contribution in [0.4, 0.5) is 5.69 Å². The highest BCUT2D eigenvalue weighted by Gasteiger charge is 1.98. The fourth-order valence-electron chi connectivity index (χ4n) is 0.858. The molecule has 0 aliphatic heterocycles. The van der Waals surface area contributed by atoms with Crippen LogP contribution in [-0.4, -0.2) is 10.2 Å². The molecule has 0 atom stereocenters. The highest BCUT2D eigenvalue weighted by atomic mass is 32.1. The van der Waals surface area contributed by atoms with Crippen molar-refractivity contribution in [3.8, 4) is 0 Å². The average Bonchev–Trinajstić information content (AvgIpc) is 1.93. The minimum Gasteiger partial charge on any atom is -0.502 e. The van der Waals surface area contributed by atoms with Crippen LogP contribution in [0.2, 0.25) is 0 Å². The van der Waals surface area contributed by atoms with E-state index in [0.29, 0.717) is 12.1 Å². The Balaban J connectivity index is 2.86. The number of rotatable bonds is 2. The average molecular weight is 167 g/mol. The summed E-state index contributed by atoms with van der Waals surface area (Å²) in [5.74, 6) is 0. The van der Waals surface area contributed by atoms with Crippen molar-refractivity contribution < 1.29 is 5.11 Å². The summed E-state index contributed by atoms with van der Waals surface area (Å²) < 4.78 is 0. The summed E-state index contributed by atoms with van der Waals surface area (Å²) in [5, 5.41) is 8.78. The number of aliphatic hydroxyl groups excluding tert-OH is 1. The topological polar surface area (TPSA) is 46.2 Å². The lowest BCUT2D eigenvalue weighted by Crippen LogP contribution is -2.00. The molecule has 0 unspecified atom stereocenters. The predicted octanol–water partition coefficient (Wildman–Crippen LogP) is 1.70. The molecule has 2 nitrogen and oxygen atoms in total. The van der Waals surface area contributed by atoms with Gasteiger partial charge < -0.3 is 10.8 Å². The molecule has 0 spiro atoms. The van der Waals surface area contributed by atoms with Crippen molar-refractivity contribution in [3.63, 3.8) is 0 Å². The number of hydrogen-bond donors (Lipinski definition) is 2. The molecule has 58 valence electrons. The van der Waals surface area contributed by atoms with Crippen molar-refractivity contribution in [3.05, 3.63) is 29.8 Å². The third-order valence-corrected chi connectivity index (χ3v) is 1.54. The van der Waals surface area contributed by atoms with E-state index in [4.69, 9.17) is 10.8 Å². The van der Waals surface area contributed by atoms with Gasteiger partial charge in [0.05, 0.1) is 0 Å². The van der Waals surface area contributed by atoms with Crippen molar-refractivity contribution in [2.24, 2.45) is 0 Å². The molecule has 0 aliphatic carbocycles. The van der Waals surface area contributed by atoms with Gasteiger partial charge in [-0.2, -0.15) is 0 Å². The van der Waals surface area contributed by atoms with Gasteiger partial charge in [0.15, 0.2) is 5.05 Å². The van der Waals surface area contributed by atoms with Crippen molar-refractivity contribution in [1.29, 1.82) is 0 Å². The molecule has 1 aromatic carbocycles. The molecule has 3 N–H and O–H groups in total. The van der Waals surface area contributed by atoms with Crippen LogP contribution in [0, 0.1) is 0 Å². The first-order chi connectivity index (χ1) is 5.20. The maximum Gasteiger partial charge on any atom is 0.161 e. The van der Waals surface area contributed by atoms with Crippen LogP contribution >= 0.6 is 12.2 Å². The second-order valence-electron chi connectivity index (χ2n) is 2.27. The van der Waals surface area contributed by atoms with Crippen LogP contribution in [0.15, 0.2) is 24.3 Å². The number of para-hydroxylation sites is 1. The molecule has 3 heteroatoms. The molecule has 0 radical (unpaired) electrons. The lowest BCUT2D eigenvalue weighted by molar-refractivity contribution is 0.556. The number of nitrogens with two attached hydrogens (primary N) is 1. The van der Waals surface area contributed by atoms with Gasteiger partial charge in [-0.25, -0.2) is 0 Å². The highest BCUT2D eigenvalue weighted by Crippen LogP contribution is 2.10. The van der Waals surface area contributed by atoms with Crippen molar-refractivity contribution in [2.45, 2.75) is 6.42 Å². The summed E-state index contributed by atoms with van der Waals surface area (Å²) >= 11 is 4.54. The lowest BCUT2D eigenvalue weighted by atomic mass is 10.1. The van der Waals surface area contributed by atoms with E-state index in [1.165, 1.54) is 0 Å². The Hall–Kier alpha value is -1.09. The third-order valence-electron chi connectivity index (χ3n) is 1.40. The van der Waals surface area contributed by atoms with Gasteiger partial charge >= 0.3 is 0 Å². The van der Waals surface area contributed by atoms with Gasteiger partial charge in [-0.1, -0.05) is 18.2 Å². The zero-order chi connectivity index (χ0) is 8.27. The van der Waals surface area contributed by atoms with E-state index < -0.39 is 0 Å². The SMILES string of the molecule is Nc1ccccc1CC(O)=S. The molecule has 0 bridgehead atoms. The van der Waals surface area contributed by atoms with E-state index in [2.05, 4.69) is 12.2 Å². The highest BCUT2D eigenvalue weighted by molar-refractivity contribution is 7.80. The van der Waals surface area contributed by atoms with E-state index in [-0.39, 0.29) is 5.05 Å². The molecule has 0 aromatic heterocycles. The zero-order valence-electron chi connectivity index (χ0n) is 5.95. The van der Waals surface area contributed by atoms with Gasteiger partial charge in [0.25, 0.3) is 0 Å². The summed E-state index contributed by atoms with van der Waals surface area (Å²) in [6.07, 6.45) is 0.363. The molecule has 1 rings (SSSR count). The molecular formula is C8H9NOS. The van der Waals surface area contributed by atoms with Crippen molar-refractivity contribution in [1.82, 2.24) is 0 Å². The number of hydrogen-bond acceptors (Lipinski definition) is 2.